The van der Waals surface area contributed by atoms with Crippen molar-refractivity contribution in [3.8, 4) is 17.6 Å². The van der Waals surface area contributed by atoms with Gasteiger partial charge >= 0.3 is 5.51 Å². The van der Waals surface area contributed by atoms with Gasteiger partial charge in [-0.3, -0.25) is 9.78 Å². The van der Waals surface area contributed by atoms with Crippen molar-refractivity contribution in [2.45, 2.75) is 23.0 Å². The molecule has 1 aromatic carbocycles. The number of carbonyl (C=O) groups is 1. The number of pyridine rings is 1. The Morgan fingerprint density at radius 2 is 1.96 bits per heavy atom. The predicted molar refractivity (Wildman–Crippen MR) is 81.6 cm³/mol. The maximum Gasteiger partial charge on any atom is 0.501 e. The average Bonchev–Trinajstić information content (AvgIpc) is 2.90. The zero-order valence-corrected chi connectivity index (χ0v) is 13.9. The smallest absolute Gasteiger partial charge is 0.455 e. The van der Waals surface area contributed by atoms with Crippen molar-refractivity contribution in [2.75, 3.05) is 0 Å². The highest BCUT2D eigenvalue weighted by Crippen LogP contribution is 2.41. The highest BCUT2D eigenvalue weighted by Gasteiger charge is 2.50. The number of rotatable bonds is 3. The summed E-state index contributed by atoms with van der Waals surface area (Å²) in [6, 6.07) is 4.53. The highest BCUT2D eigenvalue weighted by molar-refractivity contribution is 7.92. The van der Waals surface area contributed by atoms with Gasteiger partial charge < -0.3 is 4.74 Å². The lowest BCUT2D eigenvalue weighted by atomic mass is 10.1. The number of ketones is 1. The van der Waals surface area contributed by atoms with E-state index in [-0.39, 0.29) is 22.6 Å². The van der Waals surface area contributed by atoms with Gasteiger partial charge in [-0.05, 0) is 12.1 Å². The number of carbonyl (C=O) groups excluding carboxylic acids is 1. The molecule has 0 aliphatic heterocycles. The van der Waals surface area contributed by atoms with Crippen LogP contribution in [0.25, 0.3) is 0 Å². The molecule has 6 nitrogen and oxygen atoms in total. The summed E-state index contributed by atoms with van der Waals surface area (Å²) < 4.78 is 81.4. The molecule has 1 unspecified atom stereocenters. The van der Waals surface area contributed by atoms with E-state index < -0.39 is 44.2 Å². The molecule has 0 spiro atoms. The van der Waals surface area contributed by atoms with E-state index in [1.54, 1.807) is 6.07 Å². The standard InChI is InChI=1S/C16H8F4N2O4S/c17-11-4-10-12(26-9-3-8(5-21)6-22-7-9)1-2-13(14(10)15(11)23)27(24,25)16(18,19)20/h1-3,6-7,11H,4H2. The van der Waals surface area contributed by atoms with Crippen molar-refractivity contribution >= 4 is 15.6 Å². The van der Waals surface area contributed by atoms with E-state index in [9.17, 15) is 30.8 Å². The fourth-order valence-corrected chi connectivity index (χ4v) is 3.60. The second-order valence-electron chi connectivity index (χ2n) is 5.52. The maximum absolute atomic E-state index is 13.9. The Hall–Kier alpha value is -3.00. The van der Waals surface area contributed by atoms with Crippen LogP contribution in [0.15, 0.2) is 35.5 Å². The molecular weight excluding hydrogens is 392 g/mol. The summed E-state index contributed by atoms with van der Waals surface area (Å²) in [4.78, 5) is 14.4. The van der Waals surface area contributed by atoms with E-state index in [1.807, 2.05) is 0 Å². The summed E-state index contributed by atoms with van der Waals surface area (Å²) in [5, 5.41) is 8.84. The van der Waals surface area contributed by atoms with Crippen LogP contribution in [-0.2, 0) is 16.3 Å². The molecule has 0 saturated heterocycles. The van der Waals surface area contributed by atoms with Crippen molar-refractivity contribution in [2.24, 2.45) is 0 Å². The molecule has 140 valence electrons. The number of Topliss-reactive ketones (excluding diaryl/α,β-unsaturated/α-hetero) is 1. The van der Waals surface area contributed by atoms with E-state index in [2.05, 4.69) is 4.98 Å². The number of hydrogen-bond acceptors (Lipinski definition) is 6. The molecule has 1 heterocycles. The van der Waals surface area contributed by atoms with Crippen molar-refractivity contribution in [3.63, 3.8) is 0 Å². The fraction of sp³-hybridized carbons (Fsp3) is 0.188. The van der Waals surface area contributed by atoms with Crippen molar-refractivity contribution in [1.82, 2.24) is 4.98 Å². The number of aromatic nitrogens is 1. The normalized spacial score (nSPS) is 16.7. The third-order valence-corrected chi connectivity index (χ3v) is 5.34. The Morgan fingerprint density at radius 3 is 2.59 bits per heavy atom. The first-order valence-electron chi connectivity index (χ1n) is 7.24. The van der Waals surface area contributed by atoms with E-state index in [1.165, 1.54) is 18.5 Å². The van der Waals surface area contributed by atoms with Crippen LogP contribution in [0.4, 0.5) is 17.6 Å². The molecule has 11 heteroatoms. The molecular formula is C16H8F4N2O4S. The number of halogens is 4. The van der Waals surface area contributed by atoms with Gasteiger partial charge in [0, 0.05) is 29.8 Å². The van der Waals surface area contributed by atoms with Gasteiger partial charge in [-0.15, -0.1) is 0 Å². The van der Waals surface area contributed by atoms with Gasteiger partial charge in [0.1, 0.15) is 17.6 Å². The number of ether oxygens (including phenoxy) is 1. The van der Waals surface area contributed by atoms with Gasteiger partial charge in [-0.2, -0.15) is 18.4 Å². The van der Waals surface area contributed by atoms with Crippen LogP contribution in [0.1, 0.15) is 21.5 Å². The first-order chi connectivity index (χ1) is 12.6. The Kier molecular flexibility index (Phi) is 4.39. The summed E-state index contributed by atoms with van der Waals surface area (Å²) in [7, 11) is -5.86. The molecule has 0 amide bonds. The Balaban J connectivity index is 2.15. The van der Waals surface area contributed by atoms with Crippen LogP contribution in [0.3, 0.4) is 0 Å². The summed E-state index contributed by atoms with van der Waals surface area (Å²) >= 11 is 0. The van der Waals surface area contributed by atoms with Crippen LogP contribution in [0.5, 0.6) is 11.5 Å². The van der Waals surface area contributed by atoms with Crippen LogP contribution < -0.4 is 4.74 Å². The van der Waals surface area contributed by atoms with Gasteiger partial charge in [0.15, 0.2) is 12.0 Å². The van der Waals surface area contributed by atoms with E-state index in [4.69, 9.17) is 10.00 Å². The lowest BCUT2D eigenvalue weighted by Crippen LogP contribution is -2.25. The summed E-state index contributed by atoms with van der Waals surface area (Å²) in [5.74, 6) is -1.55. The summed E-state index contributed by atoms with van der Waals surface area (Å²) in [6.45, 7) is 0. The van der Waals surface area contributed by atoms with Crippen LogP contribution >= 0.6 is 0 Å². The maximum atomic E-state index is 13.9. The van der Waals surface area contributed by atoms with E-state index in [0.29, 0.717) is 6.07 Å². The predicted octanol–water partition coefficient (Wildman–Crippen LogP) is 3.12. The number of nitrogens with zero attached hydrogens (tertiary/aromatic N) is 2. The third-order valence-electron chi connectivity index (χ3n) is 3.81. The molecule has 0 radical (unpaired) electrons. The largest absolute Gasteiger partial charge is 0.501 e. The third kappa shape index (κ3) is 3.12. The highest BCUT2D eigenvalue weighted by atomic mass is 32.2. The quantitative estimate of drug-likeness (QED) is 0.735. The molecule has 0 saturated carbocycles. The number of fused-ring (bicyclic) bond motifs is 1. The Bertz CT molecular complexity index is 1090. The molecule has 0 bridgehead atoms. The first-order valence-corrected chi connectivity index (χ1v) is 8.73. The summed E-state index contributed by atoms with van der Waals surface area (Å²) in [6.07, 6.45) is -0.388. The number of alkyl halides is 4. The molecule has 1 aliphatic rings. The molecule has 0 N–H and O–H groups in total. The first kappa shape index (κ1) is 18.8. The zero-order chi connectivity index (χ0) is 20.0. The molecule has 3 rings (SSSR count). The second-order valence-corrected chi connectivity index (χ2v) is 7.43. The number of nitriles is 1. The minimum absolute atomic E-state index is 0.0115. The van der Waals surface area contributed by atoms with Crippen LogP contribution in [0.2, 0.25) is 0 Å². The molecule has 2 aromatic rings. The Labute approximate surface area is 149 Å². The minimum Gasteiger partial charge on any atom is -0.455 e. The number of benzene rings is 1. The average molecular weight is 400 g/mol. The monoisotopic (exact) mass is 400 g/mol. The fourth-order valence-electron chi connectivity index (χ4n) is 2.62. The minimum atomic E-state index is -5.86. The molecule has 1 atom stereocenters. The lowest BCUT2D eigenvalue weighted by Gasteiger charge is -2.14. The SMILES string of the molecule is N#Cc1cncc(Oc2ccc(S(=O)(=O)C(F)(F)F)c3c2CC(F)C3=O)c1. The van der Waals surface area contributed by atoms with Gasteiger partial charge in [0.2, 0.25) is 0 Å². The lowest BCUT2D eigenvalue weighted by molar-refractivity contribution is -0.0436. The number of sulfone groups is 1. The van der Waals surface area contributed by atoms with Gasteiger partial charge in [0.25, 0.3) is 9.84 Å². The van der Waals surface area contributed by atoms with E-state index >= 15 is 0 Å². The second kappa shape index (κ2) is 6.31. The van der Waals surface area contributed by atoms with Gasteiger partial charge in [-0.1, -0.05) is 0 Å². The zero-order valence-electron chi connectivity index (χ0n) is 13.1. The van der Waals surface area contributed by atoms with E-state index in [0.717, 1.165) is 6.07 Å². The van der Waals surface area contributed by atoms with Crippen molar-refractivity contribution in [3.05, 3.63) is 47.3 Å². The molecule has 1 aliphatic carbocycles. The summed E-state index contributed by atoms with van der Waals surface area (Å²) in [5.41, 5.74) is -6.69. The number of hydrogen-bond donors (Lipinski definition) is 0. The van der Waals surface area contributed by atoms with Crippen LogP contribution in [-0.4, -0.2) is 30.9 Å². The molecule has 27 heavy (non-hydrogen) atoms. The molecule has 0 fully saturated rings. The molecule has 1 aromatic heterocycles. The Morgan fingerprint density at radius 1 is 1.26 bits per heavy atom. The van der Waals surface area contributed by atoms with Crippen molar-refractivity contribution in [1.29, 1.82) is 5.26 Å². The van der Waals surface area contributed by atoms with Gasteiger partial charge in [0.05, 0.1) is 16.7 Å². The topological polar surface area (TPSA) is 97.1 Å². The van der Waals surface area contributed by atoms with Gasteiger partial charge in [-0.25, -0.2) is 12.8 Å². The van der Waals surface area contributed by atoms with Crippen LogP contribution in [0, 0.1) is 11.3 Å². The van der Waals surface area contributed by atoms with Crippen molar-refractivity contribution < 1.29 is 35.5 Å².